The van der Waals surface area contributed by atoms with Gasteiger partial charge in [-0.3, -0.25) is 13.8 Å². The average Bonchev–Trinajstić information content (AvgIpc) is 0.722. The van der Waals surface area contributed by atoms with Crippen LogP contribution in [-0.2, 0) is 27.5 Å². The summed E-state index contributed by atoms with van der Waals surface area (Å²) in [4.78, 5) is 0. The molecule has 2 N–H and O–H groups in total. The summed E-state index contributed by atoms with van der Waals surface area (Å²) in [5.74, 6) is 0. The van der Waals surface area contributed by atoms with Crippen LogP contribution in [0.5, 0.6) is 0 Å². The maximum Gasteiger partial charge on any atom is 0 e. The van der Waals surface area contributed by atoms with Gasteiger partial charge in [-0.1, -0.05) is 0 Å². The molecule has 0 aromatic rings. The normalized spacial score (nSPS) is 7.25. The Morgan fingerprint density at radius 1 is 1.12 bits per heavy atom. The SMILES string of the molecule is F.O=S(=O)(O)O.[LiH].[Mn]. The summed E-state index contributed by atoms with van der Waals surface area (Å²) >= 11 is 0. The summed E-state index contributed by atoms with van der Waals surface area (Å²) in [6.07, 6.45) is 0. The zero-order valence-electron chi connectivity index (χ0n) is 2.91. The van der Waals surface area contributed by atoms with Gasteiger partial charge in [0, 0.05) is 17.1 Å². The van der Waals surface area contributed by atoms with Gasteiger partial charge in [-0.25, -0.2) is 0 Å². The molecule has 0 aliphatic heterocycles. The molecule has 0 unspecified atom stereocenters. The van der Waals surface area contributed by atoms with Gasteiger partial charge in [0.15, 0.2) is 0 Å². The van der Waals surface area contributed by atoms with Crippen LogP contribution in [-0.4, -0.2) is 36.4 Å². The summed E-state index contributed by atoms with van der Waals surface area (Å²) in [6.45, 7) is 0. The molecule has 0 saturated carbocycles. The number of rotatable bonds is 0. The number of hydrogen-bond acceptors (Lipinski definition) is 2. The molecule has 4 nitrogen and oxygen atoms in total. The first kappa shape index (κ1) is 23.1. The van der Waals surface area contributed by atoms with Crippen molar-refractivity contribution in [1.82, 2.24) is 0 Å². The summed E-state index contributed by atoms with van der Waals surface area (Å²) < 4.78 is 31.6. The molecule has 0 aromatic carbocycles. The first-order valence-corrected chi connectivity index (χ1v) is 2.10. The molecule has 8 heteroatoms. The molecule has 0 atom stereocenters. The minimum absolute atomic E-state index is 0. The number of hydrogen-bond donors (Lipinski definition) is 2. The van der Waals surface area contributed by atoms with Crippen molar-refractivity contribution in [2.75, 3.05) is 0 Å². The molecule has 8 heavy (non-hydrogen) atoms. The van der Waals surface area contributed by atoms with E-state index >= 15 is 0 Å². The topological polar surface area (TPSA) is 74.6 Å². The van der Waals surface area contributed by atoms with E-state index < -0.39 is 10.4 Å². The first-order valence-electron chi connectivity index (χ1n) is 0.698. The Balaban J connectivity index is -0.0000000267. The number of halogens is 1. The molecule has 0 bridgehead atoms. The van der Waals surface area contributed by atoms with Crippen molar-refractivity contribution in [3.05, 3.63) is 0 Å². The van der Waals surface area contributed by atoms with Crippen molar-refractivity contribution in [2.45, 2.75) is 0 Å². The molecular formula is H4FLiMnO4S. The summed E-state index contributed by atoms with van der Waals surface area (Å²) in [5, 5.41) is 0. The van der Waals surface area contributed by atoms with E-state index in [4.69, 9.17) is 17.5 Å². The standard InChI is InChI=1S/FH.Li.Mn.H2O4S.H/c;;;1-5(2,3)4;/h1H;;;(H2,1,2,3,4);. The smallest absolute Gasteiger partial charge is 0 e. The van der Waals surface area contributed by atoms with E-state index in [0.717, 1.165) is 0 Å². The van der Waals surface area contributed by atoms with Crippen LogP contribution in [0.15, 0.2) is 0 Å². The molecule has 0 fully saturated rings. The Kier molecular flexibility index (Phi) is 22.9. The molecule has 1 radical (unpaired) electrons. The van der Waals surface area contributed by atoms with E-state index in [2.05, 4.69) is 0 Å². The van der Waals surface area contributed by atoms with Crippen molar-refractivity contribution >= 4 is 29.3 Å². The van der Waals surface area contributed by atoms with Crippen LogP contribution in [0.1, 0.15) is 0 Å². The molecular weight excluding hydrogens is 177 g/mol. The molecule has 0 rings (SSSR count). The fourth-order valence-electron chi connectivity index (χ4n) is 0. The Morgan fingerprint density at radius 2 is 1.12 bits per heavy atom. The summed E-state index contributed by atoms with van der Waals surface area (Å²) in [6, 6.07) is 0. The van der Waals surface area contributed by atoms with Gasteiger partial charge in [-0.2, -0.15) is 8.42 Å². The van der Waals surface area contributed by atoms with E-state index in [-0.39, 0.29) is 40.6 Å². The van der Waals surface area contributed by atoms with E-state index in [1.54, 1.807) is 0 Å². The van der Waals surface area contributed by atoms with Gasteiger partial charge in [-0.05, 0) is 0 Å². The summed E-state index contributed by atoms with van der Waals surface area (Å²) in [5.41, 5.74) is 0. The van der Waals surface area contributed by atoms with Crippen LogP contribution < -0.4 is 0 Å². The fraction of sp³-hybridized carbons (Fsp3) is 0. The van der Waals surface area contributed by atoms with Crippen LogP contribution >= 0.6 is 0 Å². The third-order valence-corrected chi connectivity index (χ3v) is 0. The van der Waals surface area contributed by atoms with E-state index in [0.29, 0.717) is 0 Å². The average molecular weight is 181 g/mol. The first-order chi connectivity index (χ1) is 2.00. The van der Waals surface area contributed by atoms with Gasteiger partial charge >= 0.3 is 29.3 Å². The third kappa shape index (κ3) is 288. The molecule has 0 heterocycles. The molecule has 0 aliphatic rings. The molecule has 0 aliphatic carbocycles. The van der Waals surface area contributed by atoms with Crippen molar-refractivity contribution in [3.63, 3.8) is 0 Å². The predicted octanol–water partition coefficient (Wildman–Crippen LogP) is -1.15. The van der Waals surface area contributed by atoms with Crippen LogP contribution in [0.4, 0.5) is 4.70 Å². The van der Waals surface area contributed by atoms with Crippen molar-refractivity contribution in [3.8, 4) is 0 Å². The quantitative estimate of drug-likeness (QED) is 0.365. The van der Waals surface area contributed by atoms with Gasteiger partial charge in [0.05, 0.1) is 0 Å². The predicted molar refractivity (Wildman–Crippen MR) is 23.8 cm³/mol. The van der Waals surface area contributed by atoms with Crippen LogP contribution in [0.2, 0.25) is 0 Å². The second-order valence-electron chi connectivity index (χ2n) is 0.448. The minimum atomic E-state index is -4.67. The monoisotopic (exact) mass is 181 g/mol. The Labute approximate surface area is 68.6 Å². The molecule has 0 spiro atoms. The zero-order chi connectivity index (χ0) is 4.50. The molecule has 0 amide bonds. The van der Waals surface area contributed by atoms with E-state index in [1.165, 1.54) is 0 Å². The van der Waals surface area contributed by atoms with Crippen LogP contribution in [0.25, 0.3) is 0 Å². The third-order valence-electron chi connectivity index (χ3n) is 0. The minimum Gasteiger partial charge on any atom is 0 e. The Morgan fingerprint density at radius 3 is 1.12 bits per heavy atom. The van der Waals surface area contributed by atoms with Gasteiger partial charge in [0.25, 0.3) is 0 Å². The Bertz CT molecular complexity index is 99.2. The summed E-state index contributed by atoms with van der Waals surface area (Å²) in [7, 11) is -4.67. The zero-order valence-corrected chi connectivity index (χ0v) is 4.90. The fourth-order valence-corrected chi connectivity index (χ4v) is 0. The van der Waals surface area contributed by atoms with Crippen molar-refractivity contribution in [1.29, 1.82) is 0 Å². The molecule has 0 saturated heterocycles. The van der Waals surface area contributed by atoms with Crippen LogP contribution in [0, 0.1) is 0 Å². The molecule has 0 aromatic heterocycles. The van der Waals surface area contributed by atoms with Crippen molar-refractivity contribution in [2.24, 2.45) is 0 Å². The largest absolute Gasteiger partial charge is 0 e. The van der Waals surface area contributed by atoms with Crippen LogP contribution in [0.3, 0.4) is 0 Å². The van der Waals surface area contributed by atoms with Gasteiger partial charge < -0.3 is 0 Å². The maximum atomic E-state index is 8.74. The van der Waals surface area contributed by atoms with Gasteiger partial charge in [0.2, 0.25) is 0 Å². The molecule has 49 valence electrons. The van der Waals surface area contributed by atoms with E-state index in [1.807, 2.05) is 0 Å². The van der Waals surface area contributed by atoms with Gasteiger partial charge in [-0.15, -0.1) is 0 Å². The second kappa shape index (κ2) is 7.92. The van der Waals surface area contributed by atoms with Gasteiger partial charge in [0.1, 0.15) is 0 Å². The Hall–Kier alpha value is 0.917. The maximum absolute atomic E-state index is 8.74. The second-order valence-corrected chi connectivity index (χ2v) is 1.34. The van der Waals surface area contributed by atoms with Crippen molar-refractivity contribution < 1.29 is 39.3 Å². The van der Waals surface area contributed by atoms with E-state index in [9.17, 15) is 0 Å².